The van der Waals surface area contributed by atoms with Gasteiger partial charge >= 0.3 is 0 Å². The van der Waals surface area contributed by atoms with E-state index in [1.54, 1.807) is 0 Å². The number of rotatable bonds is 4. The van der Waals surface area contributed by atoms with Gasteiger partial charge in [0.25, 0.3) is 0 Å². The van der Waals surface area contributed by atoms with Crippen LogP contribution in [0.4, 0.5) is 0 Å². The van der Waals surface area contributed by atoms with Gasteiger partial charge in [-0.15, -0.1) is 0 Å². The Morgan fingerprint density at radius 2 is 1.79 bits per heavy atom. The van der Waals surface area contributed by atoms with Crippen molar-refractivity contribution in [2.75, 3.05) is 0 Å². The van der Waals surface area contributed by atoms with Crippen molar-refractivity contribution < 1.29 is 4.79 Å². The first-order valence-corrected chi connectivity index (χ1v) is 5.28. The van der Waals surface area contributed by atoms with E-state index in [1.807, 2.05) is 26.0 Å². The van der Waals surface area contributed by atoms with E-state index in [0.29, 0.717) is 0 Å². The summed E-state index contributed by atoms with van der Waals surface area (Å²) in [7, 11) is 0. The highest BCUT2D eigenvalue weighted by atomic mass is 16.1. The molecule has 14 heavy (non-hydrogen) atoms. The van der Waals surface area contributed by atoms with Crippen LogP contribution in [-0.4, -0.2) is 5.78 Å². The van der Waals surface area contributed by atoms with Gasteiger partial charge in [0, 0.05) is 11.5 Å². The first-order chi connectivity index (χ1) is 6.65. The van der Waals surface area contributed by atoms with E-state index < -0.39 is 0 Å². The average Bonchev–Trinajstić information content (AvgIpc) is 2.18. The molecule has 0 aliphatic carbocycles. The van der Waals surface area contributed by atoms with E-state index in [4.69, 9.17) is 0 Å². The topological polar surface area (TPSA) is 17.1 Å². The van der Waals surface area contributed by atoms with Gasteiger partial charge in [0.2, 0.25) is 0 Å². The minimum atomic E-state index is 0.0898. The SMILES string of the molecule is CCCc1ccc(C(=O)C(C)C)cc1. The molecule has 0 saturated carbocycles. The molecule has 0 atom stereocenters. The van der Waals surface area contributed by atoms with Crippen LogP contribution in [0.1, 0.15) is 43.1 Å². The third-order valence-corrected chi connectivity index (χ3v) is 2.30. The Kier molecular flexibility index (Phi) is 3.87. The summed E-state index contributed by atoms with van der Waals surface area (Å²) in [5.74, 6) is 0.320. The van der Waals surface area contributed by atoms with Crippen LogP contribution in [0.5, 0.6) is 0 Å². The van der Waals surface area contributed by atoms with Gasteiger partial charge in [-0.25, -0.2) is 0 Å². The zero-order valence-corrected chi connectivity index (χ0v) is 9.21. The number of carbonyl (C=O) groups is 1. The second kappa shape index (κ2) is 4.94. The Labute approximate surface area is 86.1 Å². The Morgan fingerprint density at radius 3 is 2.21 bits per heavy atom. The molecule has 0 unspecified atom stereocenters. The molecule has 1 aromatic carbocycles. The maximum atomic E-state index is 11.6. The Morgan fingerprint density at radius 1 is 1.21 bits per heavy atom. The van der Waals surface area contributed by atoms with Crippen LogP contribution in [0.15, 0.2) is 24.3 Å². The quantitative estimate of drug-likeness (QED) is 0.664. The number of Topliss-reactive ketones (excluding diaryl/α,β-unsaturated/α-hetero) is 1. The molecule has 0 N–H and O–H groups in total. The van der Waals surface area contributed by atoms with Gasteiger partial charge in [0.15, 0.2) is 5.78 Å². The van der Waals surface area contributed by atoms with Crippen LogP contribution >= 0.6 is 0 Å². The van der Waals surface area contributed by atoms with Crippen molar-refractivity contribution in [1.29, 1.82) is 0 Å². The fourth-order valence-electron chi connectivity index (χ4n) is 1.46. The van der Waals surface area contributed by atoms with E-state index in [9.17, 15) is 4.79 Å². The van der Waals surface area contributed by atoms with Crippen molar-refractivity contribution in [3.05, 3.63) is 35.4 Å². The van der Waals surface area contributed by atoms with Gasteiger partial charge in [0.05, 0.1) is 0 Å². The standard InChI is InChI=1S/C13H18O/c1-4-5-11-6-8-12(9-7-11)13(14)10(2)3/h6-10H,4-5H2,1-3H3. The highest BCUT2D eigenvalue weighted by Crippen LogP contribution is 2.11. The summed E-state index contributed by atoms with van der Waals surface area (Å²) in [4.78, 5) is 11.6. The molecule has 0 aliphatic rings. The fourth-order valence-corrected chi connectivity index (χ4v) is 1.46. The average molecular weight is 190 g/mol. The lowest BCUT2D eigenvalue weighted by atomic mass is 9.99. The summed E-state index contributed by atoms with van der Waals surface area (Å²) in [6, 6.07) is 7.98. The monoisotopic (exact) mass is 190 g/mol. The summed E-state index contributed by atoms with van der Waals surface area (Å²) in [6.07, 6.45) is 2.24. The Bertz CT molecular complexity index is 296. The zero-order chi connectivity index (χ0) is 10.6. The summed E-state index contributed by atoms with van der Waals surface area (Å²) in [6.45, 7) is 6.03. The summed E-state index contributed by atoms with van der Waals surface area (Å²) < 4.78 is 0. The fraction of sp³-hybridized carbons (Fsp3) is 0.462. The highest BCUT2D eigenvalue weighted by Gasteiger charge is 2.09. The van der Waals surface area contributed by atoms with Crippen LogP contribution in [-0.2, 0) is 6.42 Å². The second-order valence-corrected chi connectivity index (χ2v) is 3.97. The van der Waals surface area contributed by atoms with Crippen LogP contribution in [0.25, 0.3) is 0 Å². The molecule has 0 aromatic heterocycles. The minimum absolute atomic E-state index is 0.0898. The molecular formula is C13H18O. The number of carbonyl (C=O) groups excluding carboxylic acids is 1. The predicted molar refractivity (Wildman–Crippen MR) is 59.6 cm³/mol. The lowest BCUT2D eigenvalue weighted by Gasteiger charge is -2.05. The van der Waals surface area contributed by atoms with Crippen molar-refractivity contribution in [3.8, 4) is 0 Å². The first kappa shape index (κ1) is 11.0. The molecule has 0 spiro atoms. The predicted octanol–water partition coefficient (Wildman–Crippen LogP) is 3.48. The van der Waals surface area contributed by atoms with Gasteiger partial charge in [-0.1, -0.05) is 51.5 Å². The molecule has 0 aliphatic heterocycles. The van der Waals surface area contributed by atoms with Gasteiger partial charge in [-0.05, 0) is 12.0 Å². The van der Waals surface area contributed by atoms with Crippen LogP contribution < -0.4 is 0 Å². The summed E-state index contributed by atoms with van der Waals surface area (Å²) in [5, 5.41) is 0. The molecule has 1 heteroatoms. The van der Waals surface area contributed by atoms with Gasteiger partial charge < -0.3 is 0 Å². The molecule has 1 rings (SSSR count). The van der Waals surface area contributed by atoms with Gasteiger partial charge in [-0.2, -0.15) is 0 Å². The molecule has 76 valence electrons. The molecule has 0 fully saturated rings. The van der Waals surface area contributed by atoms with E-state index >= 15 is 0 Å². The Balaban J connectivity index is 2.78. The number of hydrogen-bond acceptors (Lipinski definition) is 1. The second-order valence-electron chi connectivity index (χ2n) is 3.97. The van der Waals surface area contributed by atoms with Crippen LogP contribution in [0, 0.1) is 5.92 Å². The first-order valence-electron chi connectivity index (χ1n) is 5.28. The zero-order valence-electron chi connectivity index (χ0n) is 9.21. The molecule has 1 nitrogen and oxygen atoms in total. The lowest BCUT2D eigenvalue weighted by Crippen LogP contribution is -2.07. The third kappa shape index (κ3) is 2.69. The van der Waals surface area contributed by atoms with E-state index in [0.717, 1.165) is 18.4 Å². The number of aryl methyl sites for hydroxylation is 1. The normalized spacial score (nSPS) is 10.6. The number of benzene rings is 1. The van der Waals surface area contributed by atoms with Crippen molar-refractivity contribution in [2.24, 2.45) is 5.92 Å². The maximum absolute atomic E-state index is 11.6. The summed E-state index contributed by atoms with van der Waals surface area (Å²) >= 11 is 0. The van der Waals surface area contributed by atoms with Crippen molar-refractivity contribution >= 4 is 5.78 Å². The maximum Gasteiger partial charge on any atom is 0.165 e. The number of ketones is 1. The molecule has 0 heterocycles. The van der Waals surface area contributed by atoms with Crippen LogP contribution in [0.2, 0.25) is 0 Å². The van der Waals surface area contributed by atoms with Crippen LogP contribution in [0.3, 0.4) is 0 Å². The van der Waals surface area contributed by atoms with Crippen molar-refractivity contribution in [2.45, 2.75) is 33.6 Å². The summed E-state index contributed by atoms with van der Waals surface area (Å²) in [5.41, 5.74) is 2.15. The van der Waals surface area contributed by atoms with Gasteiger partial charge in [0.1, 0.15) is 0 Å². The molecule has 1 aromatic rings. The van der Waals surface area contributed by atoms with Gasteiger partial charge in [-0.3, -0.25) is 4.79 Å². The number of hydrogen-bond donors (Lipinski definition) is 0. The molecule has 0 saturated heterocycles. The van der Waals surface area contributed by atoms with Crippen molar-refractivity contribution in [1.82, 2.24) is 0 Å². The Hall–Kier alpha value is -1.11. The van der Waals surface area contributed by atoms with E-state index in [1.165, 1.54) is 5.56 Å². The lowest BCUT2D eigenvalue weighted by molar-refractivity contribution is 0.0939. The third-order valence-electron chi connectivity index (χ3n) is 2.30. The highest BCUT2D eigenvalue weighted by molar-refractivity contribution is 5.97. The van der Waals surface area contributed by atoms with Crippen molar-refractivity contribution in [3.63, 3.8) is 0 Å². The minimum Gasteiger partial charge on any atom is -0.294 e. The van der Waals surface area contributed by atoms with E-state index in [-0.39, 0.29) is 11.7 Å². The molecule has 0 radical (unpaired) electrons. The largest absolute Gasteiger partial charge is 0.294 e. The molecule has 0 bridgehead atoms. The van der Waals surface area contributed by atoms with E-state index in [2.05, 4.69) is 19.1 Å². The molecular weight excluding hydrogens is 172 g/mol. The molecule has 0 amide bonds. The smallest absolute Gasteiger partial charge is 0.165 e.